The zero-order chi connectivity index (χ0) is 11.5. The molecule has 5 nitrogen and oxygen atoms in total. The number of ether oxygens (including phenoxy) is 1. The average Bonchev–Trinajstić information content (AvgIpc) is 2.70. The fraction of sp³-hybridized carbons (Fsp3) is 0.273. The van der Waals surface area contributed by atoms with Gasteiger partial charge >= 0.3 is 0 Å². The molecule has 0 atom stereocenters. The fourth-order valence-electron chi connectivity index (χ4n) is 1.55. The predicted octanol–water partition coefficient (Wildman–Crippen LogP) is 0.949. The minimum Gasteiger partial charge on any atom is -0.497 e. The van der Waals surface area contributed by atoms with E-state index in [1.807, 2.05) is 35.9 Å². The molecule has 0 saturated heterocycles. The second-order valence-electron chi connectivity index (χ2n) is 3.43. The van der Waals surface area contributed by atoms with Crippen molar-refractivity contribution in [3.63, 3.8) is 0 Å². The number of hydrogen-bond acceptors (Lipinski definition) is 4. The lowest BCUT2D eigenvalue weighted by Gasteiger charge is -2.04. The maximum atomic E-state index is 5.55. The second kappa shape index (κ2) is 4.32. The summed E-state index contributed by atoms with van der Waals surface area (Å²) in [5, 5.41) is 8.12. The third-order valence-electron chi connectivity index (χ3n) is 2.48. The molecule has 1 aromatic heterocycles. The molecule has 84 valence electrons. The van der Waals surface area contributed by atoms with E-state index in [0.717, 1.165) is 23.0 Å². The molecule has 2 aromatic rings. The van der Waals surface area contributed by atoms with Crippen molar-refractivity contribution >= 4 is 0 Å². The van der Waals surface area contributed by atoms with Crippen molar-refractivity contribution in [2.24, 2.45) is 12.8 Å². The van der Waals surface area contributed by atoms with Crippen LogP contribution in [0.25, 0.3) is 11.4 Å². The highest BCUT2D eigenvalue weighted by Gasteiger charge is 2.09. The standard InChI is InChI=1S/C11H14N4O/c1-15-10(7-12)13-14-11(15)8-4-3-5-9(6-8)16-2/h3-6H,7,12H2,1-2H3. The first kappa shape index (κ1) is 10.6. The molecular formula is C11H14N4O. The molecule has 0 fully saturated rings. The highest BCUT2D eigenvalue weighted by atomic mass is 16.5. The Morgan fingerprint density at radius 3 is 2.81 bits per heavy atom. The normalized spacial score (nSPS) is 10.4. The number of methoxy groups -OCH3 is 1. The van der Waals surface area contributed by atoms with Crippen LogP contribution in [0.3, 0.4) is 0 Å². The summed E-state index contributed by atoms with van der Waals surface area (Å²) in [6.45, 7) is 0.382. The first-order chi connectivity index (χ1) is 7.76. The molecule has 0 radical (unpaired) electrons. The van der Waals surface area contributed by atoms with Crippen molar-refractivity contribution in [1.82, 2.24) is 14.8 Å². The van der Waals surface area contributed by atoms with E-state index in [1.54, 1.807) is 7.11 Å². The Hall–Kier alpha value is -1.88. The average molecular weight is 218 g/mol. The van der Waals surface area contributed by atoms with Crippen molar-refractivity contribution in [3.8, 4) is 17.1 Å². The van der Waals surface area contributed by atoms with E-state index in [0.29, 0.717) is 6.54 Å². The van der Waals surface area contributed by atoms with E-state index >= 15 is 0 Å². The zero-order valence-electron chi connectivity index (χ0n) is 9.34. The van der Waals surface area contributed by atoms with Crippen LogP contribution in [0, 0.1) is 0 Å². The van der Waals surface area contributed by atoms with E-state index in [9.17, 15) is 0 Å². The Labute approximate surface area is 93.9 Å². The summed E-state index contributed by atoms with van der Waals surface area (Å²) in [7, 11) is 3.54. The van der Waals surface area contributed by atoms with Crippen LogP contribution < -0.4 is 10.5 Å². The summed E-state index contributed by atoms with van der Waals surface area (Å²) in [6.07, 6.45) is 0. The maximum Gasteiger partial charge on any atom is 0.163 e. The Balaban J connectivity index is 2.45. The number of nitrogens with zero attached hydrogens (tertiary/aromatic N) is 3. The van der Waals surface area contributed by atoms with E-state index in [1.165, 1.54) is 0 Å². The lowest BCUT2D eigenvalue weighted by atomic mass is 10.2. The molecule has 0 amide bonds. The Morgan fingerprint density at radius 1 is 1.38 bits per heavy atom. The summed E-state index contributed by atoms with van der Waals surface area (Å²) in [5.74, 6) is 2.35. The van der Waals surface area contributed by atoms with E-state index in [4.69, 9.17) is 10.5 Å². The monoisotopic (exact) mass is 218 g/mol. The van der Waals surface area contributed by atoms with Crippen LogP contribution in [0.4, 0.5) is 0 Å². The van der Waals surface area contributed by atoms with Crippen LogP contribution in [0.5, 0.6) is 5.75 Å². The fourth-order valence-corrected chi connectivity index (χ4v) is 1.55. The molecule has 0 aliphatic rings. The van der Waals surface area contributed by atoms with Crippen LogP contribution in [-0.2, 0) is 13.6 Å². The largest absolute Gasteiger partial charge is 0.497 e. The van der Waals surface area contributed by atoms with Gasteiger partial charge in [0.15, 0.2) is 5.82 Å². The molecule has 1 aromatic carbocycles. The van der Waals surface area contributed by atoms with Gasteiger partial charge in [-0.15, -0.1) is 10.2 Å². The smallest absolute Gasteiger partial charge is 0.163 e. The van der Waals surface area contributed by atoms with Crippen LogP contribution in [0.15, 0.2) is 24.3 Å². The van der Waals surface area contributed by atoms with Gasteiger partial charge in [0.1, 0.15) is 11.6 Å². The molecule has 16 heavy (non-hydrogen) atoms. The lowest BCUT2D eigenvalue weighted by molar-refractivity contribution is 0.415. The van der Waals surface area contributed by atoms with Crippen molar-refractivity contribution in [1.29, 1.82) is 0 Å². The first-order valence-electron chi connectivity index (χ1n) is 4.99. The number of benzene rings is 1. The molecule has 5 heteroatoms. The van der Waals surface area contributed by atoms with Crippen LogP contribution in [0.1, 0.15) is 5.82 Å². The Bertz CT molecular complexity index is 492. The molecule has 0 saturated carbocycles. The SMILES string of the molecule is COc1cccc(-c2nnc(CN)n2C)c1. The zero-order valence-corrected chi connectivity index (χ0v) is 9.34. The summed E-state index contributed by atoms with van der Waals surface area (Å²) >= 11 is 0. The predicted molar refractivity (Wildman–Crippen MR) is 60.9 cm³/mol. The van der Waals surface area contributed by atoms with Gasteiger partial charge in [-0.3, -0.25) is 0 Å². The van der Waals surface area contributed by atoms with Crippen LogP contribution >= 0.6 is 0 Å². The molecular weight excluding hydrogens is 204 g/mol. The van der Waals surface area contributed by atoms with Gasteiger partial charge in [-0.2, -0.15) is 0 Å². The highest BCUT2D eigenvalue weighted by molar-refractivity contribution is 5.57. The number of aromatic nitrogens is 3. The molecule has 1 heterocycles. The van der Waals surface area contributed by atoms with E-state index < -0.39 is 0 Å². The van der Waals surface area contributed by atoms with Gasteiger partial charge in [-0.05, 0) is 12.1 Å². The second-order valence-corrected chi connectivity index (χ2v) is 3.43. The number of hydrogen-bond donors (Lipinski definition) is 1. The van der Waals surface area contributed by atoms with Gasteiger partial charge in [0.05, 0.1) is 13.7 Å². The topological polar surface area (TPSA) is 66.0 Å². The Kier molecular flexibility index (Phi) is 2.87. The molecule has 0 aliphatic carbocycles. The molecule has 0 aliphatic heterocycles. The third kappa shape index (κ3) is 1.77. The highest BCUT2D eigenvalue weighted by Crippen LogP contribution is 2.21. The minimum atomic E-state index is 0.382. The number of nitrogens with two attached hydrogens (primary N) is 1. The molecule has 0 bridgehead atoms. The van der Waals surface area contributed by atoms with Gasteiger partial charge < -0.3 is 15.0 Å². The van der Waals surface area contributed by atoms with Crippen molar-refractivity contribution in [2.75, 3.05) is 7.11 Å². The molecule has 2 rings (SSSR count). The summed E-state index contributed by atoms with van der Waals surface area (Å²) in [6, 6.07) is 7.70. The van der Waals surface area contributed by atoms with Gasteiger partial charge in [-0.1, -0.05) is 12.1 Å². The lowest BCUT2D eigenvalue weighted by Crippen LogP contribution is -2.05. The van der Waals surface area contributed by atoms with Crippen LogP contribution in [0.2, 0.25) is 0 Å². The third-order valence-corrected chi connectivity index (χ3v) is 2.48. The van der Waals surface area contributed by atoms with Gasteiger partial charge in [0.2, 0.25) is 0 Å². The minimum absolute atomic E-state index is 0.382. The van der Waals surface area contributed by atoms with E-state index in [2.05, 4.69) is 10.2 Å². The van der Waals surface area contributed by atoms with E-state index in [-0.39, 0.29) is 0 Å². The summed E-state index contributed by atoms with van der Waals surface area (Å²) in [4.78, 5) is 0. The molecule has 0 unspecified atom stereocenters. The molecule has 0 spiro atoms. The van der Waals surface area contributed by atoms with Gasteiger partial charge in [-0.25, -0.2) is 0 Å². The molecule has 2 N–H and O–H groups in total. The van der Waals surface area contributed by atoms with Crippen molar-refractivity contribution < 1.29 is 4.74 Å². The van der Waals surface area contributed by atoms with Crippen molar-refractivity contribution in [2.45, 2.75) is 6.54 Å². The quantitative estimate of drug-likeness (QED) is 0.833. The van der Waals surface area contributed by atoms with Gasteiger partial charge in [0, 0.05) is 12.6 Å². The maximum absolute atomic E-state index is 5.55. The number of rotatable bonds is 3. The first-order valence-corrected chi connectivity index (χ1v) is 4.99. The van der Waals surface area contributed by atoms with Gasteiger partial charge in [0.25, 0.3) is 0 Å². The van der Waals surface area contributed by atoms with Crippen molar-refractivity contribution in [3.05, 3.63) is 30.1 Å². The Morgan fingerprint density at radius 2 is 2.19 bits per heavy atom. The summed E-state index contributed by atoms with van der Waals surface area (Å²) < 4.78 is 7.05. The van der Waals surface area contributed by atoms with Crippen LogP contribution in [-0.4, -0.2) is 21.9 Å². The summed E-state index contributed by atoms with van der Waals surface area (Å²) in [5.41, 5.74) is 6.52.